The molecule has 0 bridgehead atoms. The van der Waals surface area contributed by atoms with Crippen molar-refractivity contribution in [1.29, 1.82) is 0 Å². The van der Waals surface area contributed by atoms with Gasteiger partial charge in [0.05, 0.1) is 0 Å². The highest BCUT2D eigenvalue weighted by Crippen LogP contribution is 2.11. The van der Waals surface area contributed by atoms with E-state index in [1.807, 2.05) is 31.2 Å². The second-order valence-corrected chi connectivity index (χ2v) is 5.54. The van der Waals surface area contributed by atoms with Crippen molar-refractivity contribution in [2.45, 2.75) is 26.7 Å². The zero-order chi connectivity index (χ0) is 15.8. The molecule has 116 valence electrons. The molecule has 0 aliphatic carbocycles. The van der Waals surface area contributed by atoms with E-state index in [0.29, 0.717) is 6.54 Å². The smallest absolute Gasteiger partial charge is 0.257 e. The fourth-order valence-corrected chi connectivity index (χ4v) is 2.22. The van der Waals surface area contributed by atoms with Crippen molar-refractivity contribution in [3.63, 3.8) is 0 Å². The number of aryl methyl sites for hydroxylation is 3. The van der Waals surface area contributed by atoms with Crippen molar-refractivity contribution in [2.75, 3.05) is 13.2 Å². The monoisotopic (exact) mass is 297 g/mol. The Morgan fingerprint density at radius 3 is 2.55 bits per heavy atom. The Balaban J connectivity index is 1.62. The van der Waals surface area contributed by atoms with Gasteiger partial charge in [0, 0.05) is 6.54 Å². The summed E-state index contributed by atoms with van der Waals surface area (Å²) in [7, 11) is 0. The van der Waals surface area contributed by atoms with E-state index in [-0.39, 0.29) is 12.5 Å². The Bertz CT molecular complexity index is 605. The highest BCUT2D eigenvalue weighted by atomic mass is 16.5. The molecule has 3 nitrogen and oxygen atoms in total. The standard InChI is InChI=1S/C19H23NO2/c1-15-8-10-18(11-9-15)22-14-19(21)20-12-4-7-17-6-3-5-16(2)13-17/h3,5-6,8-11,13H,4,7,12,14H2,1-2H3,(H,20,21). The number of benzene rings is 2. The summed E-state index contributed by atoms with van der Waals surface area (Å²) in [6.07, 6.45) is 1.90. The van der Waals surface area contributed by atoms with Crippen LogP contribution in [0.1, 0.15) is 23.1 Å². The van der Waals surface area contributed by atoms with Crippen LogP contribution < -0.4 is 10.1 Å². The number of rotatable bonds is 7. The molecular weight excluding hydrogens is 274 g/mol. The number of hydrogen-bond donors (Lipinski definition) is 1. The average molecular weight is 297 g/mol. The lowest BCUT2D eigenvalue weighted by molar-refractivity contribution is -0.123. The van der Waals surface area contributed by atoms with Crippen LogP contribution in [0.4, 0.5) is 0 Å². The minimum Gasteiger partial charge on any atom is -0.484 e. The highest BCUT2D eigenvalue weighted by Gasteiger charge is 2.02. The lowest BCUT2D eigenvalue weighted by Gasteiger charge is -2.08. The minimum atomic E-state index is -0.0789. The van der Waals surface area contributed by atoms with E-state index in [4.69, 9.17) is 4.74 Å². The van der Waals surface area contributed by atoms with E-state index >= 15 is 0 Å². The summed E-state index contributed by atoms with van der Waals surface area (Å²) in [5.74, 6) is 0.644. The molecule has 0 saturated heterocycles. The Labute approximate surface area is 132 Å². The Hall–Kier alpha value is -2.29. The number of hydrogen-bond acceptors (Lipinski definition) is 2. The van der Waals surface area contributed by atoms with Gasteiger partial charge in [-0.25, -0.2) is 0 Å². The normalized spacial score (nSPS) is 10.3. The zero-order valence-corrected chi connectivity index (χ0v) is 13.3. The lowest BCUT2D eigenvalue weighted by Crippen LogP contribution is -2.29. The quantitative estimate of drug-likeness (QED) is 0.795. The van der Waals surface area contributed by atoms with E-state index in [2.05, 4.69) is 36.5 Å². The number of amides is 1. The predicted octanol–water partition coefficient (Wildman–Crippen LogP) is 3.43. The van der Waals surface area contributed by atoms with Crippen molar-refractivity contribution in [3.05, 3.63) is 65.2 Å². The van der Waals surface area contributed by atoms with Crippen LogP contribution in [0.2, 0.25) is 0 Å². The number of carbonyl (C=O) groups excluding carboxylic acids is 1. The topological polar surface area (TPSA) is 38.3 Å². The van der Waals surface area contributed by atoms with Crippen molar-refractivity contribution >= 4 is 5.91 Å². The van der Waals surface area contributed by atoms with E-state index in [1.54, 1.807) is 0 Å². The molecule has 0 atom stereocenters. The molecule has 1 amide bonds. The number of nitrogens with one attached hydrogen (secondary N) is 1. The van der Waals surface area contributed by atoms with Crippen molar-refractivity contribution in [1.82, 2.24) is 5.32 Å². The first-order valence-corrected chi connectivity index (χ1v) is 7.65. The van der Waals surface area contributed by atoms with Gasteiger partial charge in [0.15, 0.2) is 6.61 Å². The van der Waals surface area contributed by atoms with Crippen LogP contribution in [0.3, 0.4) is 0 Å². The fourth-order valence-electron chi connectivity index (χ4n) is 2.22. The van der Waals surface area contributed by atoms with Crippen LogP contribution in [-0.2, 0) is 11.2 Å². The molecule has 0 radical (unpaired) electrons. The average Bonchev–Trinajstić information content (AvgIpc) is 2.51. The van der Waals surface area contributed by atoms with Crippen LogP contribution in [0.25, 0.3) is 0 Å². The Kier molecular flexibility index (Phi) is 6.01. The maximum absolute atomic E-state index is 11.7. The molecule has 1 N–H and O–H groups in total. The molecule has 2 rings (SSSR count). The molecular formula is C19H23NO2. The molecule has 0 aliphatic heterocycles. The molecule has 0 aromatic heterocycles. The summed E-state index contributed by atoms with van der Waals surface area (Å²) in [6.45, 7) is 4.84. The van der Waals surface area contributed by atoms with E-state index in [1.165, 1.54) is 16.7 Å². The molecule has 3 heteroatoms. The van der Waals surface area contributed by atoms with Crippen molar-refractivity contribution in [2.24, 2.45) is 0 Å². The van der Waals surface area contributed by atoms with Gasteiger partial charge in [0.2, 0.25) is 0 Å². The third-order valence-electron chi connectivity index (χ3n) is 3.44. The largest absolute Gasteiger partial charge is 0.484 e. The van der Waals surface area contributed by atoms with Crippen molar-refractivity contribution < 1.29 is 9.53 Å². The first kappa shape index (κ1) is 16.1. The fraction of sp³-hybridized carbons (Fsp3) is 0.316. The molecule has 2 aromatic rings. The molecule has 0 fully saturated rings. The highest BCUT2D eigenvalue weighted by molar-refractivity contribution is 5.77. The van der Waals surface area contributed by atoms with Crippen LogP contribution in [0.5, 0.6) is 5.75 Å². The SMILES string of the molecule is Cc1ccc(OCC(=O)NCCCc2cccc(C)c2)cc1. The van der Waals surface area contributed by atoms with Gasteiger partial charge in [-0.1, -0.05) is 47.5 Å². The van der Waals surface area contributed by atoms with Gasteiger partial charge in [-0.3, -0.25) is 4.79 Å². The van der Waals surface area contributed by atoms with Gasteiger partial charge in [0.25, 0.3) is 5.91 Å². The van der Waals surface area contributed by atoms with E-state index in [9.17, 15) is 4.79 Å². The zero-order valence-electron chi connectivity index (χ0n) is 13.3. The van der Waals surface area contributed by atoms with E-state index in [0.717, 1.165) is 18.6 Å². The van der Waals surface area contributed by atoms with Gasteiger partial charge in [0.1, 0.15) is 5.75 Å². The Morgan fingerprint density at radius 1 is 1.05 bits per heavy atom. The molecule has 0 spiro atoms. The van der Waals surface area contributed by atoms with Crippen molar-refractivity contribution in [3.8, 4) is 5.75 Å². The Morgan fingerprint density at radius 2 is 1.82 bits per heavy atom. The first-order chi connectivity index (χ1) is 10.6. The molecule has 2 aromatic carbocycles. The second-order valence-electron chi connectivity index (χ2n) is 5.54. The summed E-state index contributed by atoms with van der Waals surface area (Å²) in [5, 5.41) is 2.89. The minimum absolute atomic E-state index is 0.0630. The summed E-state index contributed by atoms with van der Waals surface area (Å²) < 4.78 is 5.44. The summed E-state index contributed by atoms with van der Waals surface area (Å²) in [5.41, 5.74) is 3.76. The maximum atomic E-state index is 11.7. The van der Waals surface area contributed by atoms with Crippen LogP contribution in [0.15, 0.2) is 48.5 Å². The summed E-state index contributed by atoms with van der Waals surface area (Å²) in [4.78, 5) is 11.7. The van der Waals surface area contributed by atoms with Crippen LogP contribution in [-0.4, -0.2) is 19.1 Å². The van der Waals surface area contributed by atoms with Gasteiger partial charge in [-0.05, 0) is 44.4 Å². The van der Waals surface area contributed by atoms with Crippen LogP contribution in [0, 0.1) is 13.8 Å². The lowest BCUT2D eigenvalue weighted by atomic mass is 10.1. The van der Waals surface area contributed by atoms with Gasteiger partial charge < -0.3 is 10.1 Å². The number of carbonyl (C=O) groups is 1. The number of ether oxygens (including phenoxy) is 1. The molecule has 0 heterocycles. The molecule has 0 aliphatic rings. The van der Waals surface area contributed by atoms with Gasteiger partial charge in [-0.15, -0.1) is 0 Å². The third kappa shape index (κ3) is 5.60. The molecule has 22 heavy (non-hydrogen) atoms. The first-order valence-electron chi connectivity index (χ1n) is 7.65. The molecule has 0 saturated carbocycles. The van der Waals surface area contributed by atoms with Gasteiger partial charge >= 0.3 is 0 Å². The summed E-state index contributed by atoms with van der Waals surface area (Å²) in [6, 6.07) is 16.1. The predicted molar refractivity (Wildman–Crippen MR) is 89.2 cm³/mol. The van der Waals surface area contributed by atoms with E-state index < -0.39 is 0 Å². The third-order valence-corrected chi connectivity index (χ3v) is 3.44. The second kappa shape index (κ2) is 8.23. The van der Waals surface area contributed by atoms with Crippen LogP contribution >= 0.6 is 0 Å². The molecule has 0 unspecified atom stereocenters. The van der Waals surface area contributed by atoms with Gasteiger partial charge in [-0.2, -0.15) is 0 Å². The summed E-state index contributed by atoms with van der Waals surface area (Å²) >= 11 is 0. The maximum Gasteiger partial charge on any atom is 0.257 e.